The van der Waals surface area contributed by atoms with Crippen molar-refractivity contribution in [3.05, 3.63) is 29.6 Å². The van der Waals surface area contributed by atoms with Gasteiger partial charge in [-0.15, -0.1) is 0 Å². The third-order valence-corrected chi connectivity index (χ3v) is 2.60. The van der Waals surface area contributed by atoms with Crippen molar-refractivity contribution in [1.29, 1.82) is 5.26 Å². The molecule has 0 aliphatic carbocycles. The first-order valence-corrected chi connectivity index (χ1v) is 5.40. The van der Waals surface area contributed by atoms with Gasteiger partial charge in [0, 0.05) is 7.05 Å². The number of ether oxygens (including phenoxy) is 1. The number of aromatic nitrogens is 2. The molecular weight excluding hydrogens is 259 g/mol. The van der Waals surface area contributed by atoms with Crippen LogP contribution in [-0.4, -0.2) is 22.3 Å². The van der Waals surface area contributed by atoms with Gasteiger partial charge in [-0.1, -0.05) is 0 Å². The summed E-state index contributed by atoms with van der Waals surface area (Å²) < 4.78 is 42.1. The zero-order valence-corrected chi connectivity index (χ0v) is 10.0. The van der Waals surface area contributed by atoms with Gasteiger partial charge in [0.15, 0.2) is 0 Å². The molecule has 1 heterocycles. The summed E-state index contributed by atoms with van der Waals surface area (Å²) in [5, 5.41) is 8.80. The number of alkyl halides is 3. The number of nitrogens with zero attached hydrogens (tertiary/aromatic N) is 3. The molecule has 0 atom stereocenters. The van der Waals surface area contributed by atoms with Gasteiger partial charge >= 0.3 is 6.18 Å². The summed E-state index contributed by atoms with van der Waals surface area (Å²) in [6.45, 7) is -1.54. The maximum absolute atomic E-state index is 12.0. The standard InChI is InChI=1S/C12H10F3N3O/c1-18-10-4-8(5-16)2-3-9(10)17-11(18)6-19-7-12(13,14)15/h2-4H,6-7H2,1H3. The first kappa shape index (κ1) is 13.4. The fourth-order valence-electron chi connectivity index (χ4n) is 1.70. The lowest BCUT2D eigenvalue weighted by Gasteiger charge is -2.07. The van der Waals surface area contributed by atoms with Crippen molar-refractivity contribution in [2.24, 2.45) is 7.05 Å². The fourth-order valence-corrected chi connectivity index (χ4v) is 1.70. The third kappa shape index (κ3) is 3.03. The Morgan fingerprint density at radius 1 is 1.42 bits per heavy atom. The zero-order chi connectivity index (χ0) is 14.0. The maximum Gasteiger partial charge on any atom is 0.411 e. The minimum atomic E-state index is -4.35. The highest BCUT2D eigenvalue weighted by molar-refractivity contribution is 5.77. The molecular formula is C12H10F3N3O. The van der Waals surface area contributed by atoms with E-state index in [1.165, 1.54) is 0 Å². The van der Waals surface area contributed by atoms with Crippen LogP contribution in [-0.2, 0) is 18.4 Å². The summed E-state index contributed by atoms with van der Waals surface area (Å²) in [4.78, 5) is 4.17. The quantitative estimate of drug-likeness (QED) is 0.860. The SMILES string of the molecule is Cn1c(COCC(F)(F)F)nc2ccc(C#N)cc21. The van der Waals surface area contributed by atoms with E-state index in [2.05, 4.69) is 9.72 Å². The Hall–Kier alpha value is -2.07. The second-order valence-corrected chi connectivity index (χ2v) is 4.01. The van der Waals surface area contributed by atoms with Crippen molar-refractivity contribution in [2.75, 3.05) is 6.61 Å². The average Bonchev–Trinajstić information content (AvgIpc) is 2.65. The first-order chi connectivity index (χ1) is 8.90. The summed E-state index contributed by atoms with van der Waals surface area (Å²) in [7, 11) is 1.67. The number of fused-ring (bicyclic) bond motifs is 1. The number of benzene rings is 1. The van der Waals surface area contributed by atoms with E-state index in [-0.39, 0.29) is 6.61 Å². The normalized spacial score (nSPS) is 11.7. The summed E-state index contributed by atoms with van der Waals surface area (Å²) in [6.07, 6.45) is -4.35. The van der Waals surface area contributed by atoms with Gasteiger partial charge in [0.1, 0.15) is 19.0 Å². The highest BCUT2D eigenvalue weighted by atomic mass is 19.4. The molecule has 0 aliphatic heterocycles. The number of imidazole rings is 1. The molecule has 0 radical (unpaired) electrons. The van der Waals surface area contributed by atoms with Gasteiger partial charge in [-0.3, -0.25) is 0 Å². The highest BCUT2D eigenvalue weighted by Crippen LogP contribution is 2.19. The second kappa shape index (κ2) is 4.90. The minimum Gasteiger partial charge on any atom is -0.364 e. The lowest BCUT2D eigenvalue weighted by Crippen LogP contribution is -2.17. The van der Waals surface area contributed by atoms with Gasteiger partial charge in [-0.25, -0.2) is 4.98 Å². The molecule has 1 aromatic heterocycles. The predicted octanol–water partition coefficient (Wildman–Crippen LogP) is 2.52. The highest BCUT2D eigenvalue weighted by Gasteiger charge is 2.27. The Morgan fingerprint density at radius 3 is 2.79 bits per heavy atom. The van der Waals surface area contributed by atoms with E-state index in [4.69, 9.17) is 5.26 Å². The van der Waals surface area contributed by atoms with Crippen molar-refractivity contribution in [2.45, 2.75) is 12.8 Å². The summed E-state index contributed by atoms with van der Waals surface area (Å²) >= 11 is 0. The van der Waals surface area contributed by atoms with Gasteiger partial charge in [0.05, 0.1) is 22.7 Å². The number of rotatable bonds is 3. The summed E-state index contributed by atoms with van der Waals surface area (Å²) in [5.74, 6) is 0.384. The van der Waals surface area contributed by atoms with E-state index < -0.39 is 12.8 Å². The Morgan fingerprint density at radius 2 is 2.16 bits per heavy atom. The van der Waals surface area contributed by atoms with E-state index in [0.717, 1.165) is 0 Å². The van der Waals surface area contributed by atoms with E-state index in [0.29, 0.717) is 22.4 Å². The van der Waals surface area contributed by atoms with Crippen LogP contribution in [0.5, 0.6) is 0 Å². The van der Waals surface area contributed by atoms with Gasteiger partial charge in [-0.2, -0.15) is 18.4 Å². The molecule has 0 spiro atoms. The molecule has 0 saturated heterocycles. The van der Waals surface area contributed by atoms with Crippen LogP contribution in [0.3, 0.4) is 0 Å². The van der Waals surface area contributed by atoms with E-state index in [9.17, 15) is 13.2 Å². The molecule has 0 aliphatic rings. The number of nitriles is 1. The Labute approximate surface area is 107 Å². The Balaban J connectivity index is 2.21. The van der Waals surface area contributed by atoms with Gasteiger partial charge < -0.3 is 9.30 Å². The molecule has 2 rings (SSSR count). The largest absolute Gasteiger partial charge is 0.411 e. The molecule has 1 aromatic carbocycles. The lowest BCUT2D eigenvalue weighted by molar-refractivity contribution is -0.177. The van der Waals surface area contributed by atoms with Crippen molar-refractivity contribution in [3.8, 4) is 6.07 Å². The Bertz CT molecular complexity index is 640. The van der Waals surface area contributed by atoms with Crippen LogP contribution in [0.1, 0.15) is 11.4 Å². The van der Waals surface area contributed by atoms with Crippen molar-refractivity contribution >= 4 is 11.0 Å². The van der Waals surface area contributed by atoms with Crippen LogP contribution in [0, 0.1) is 11.3 Å². The van der Waals surface area contributed by atoms with Crippen molar-refractivity contribution < 1.29 is 17.9 Å². The fraction of sp³-hybridized carbons (Fsp3) is 0.333. The van der Waals surface area contributed by atoms with Crippen LogP contribution < -0.4 is 0 Å². The van der Waals surface area contributed by atoms with Crippen molar-refractivity contribution in [3.63, 3.8) is 0 Å². The molecule has 7 heteroatoms. The van der Waals surface area contributed by atoms with Crippen molar-refractivity contribution in [1.82, 2.24) is 9.55 Å². The number of hydrogen-bond acceptors (Lipinski definition) is 3. The second-order valence-electron chi connectivity index (χ2n) is 4.01. The number of halogens is 3. The molecule has 100 valence electrons. The van der Waals surface area contributed by atoms with E-state index in [1.54, 1.807) is 29.8 Å². The number of hydrogen-bond donors (Lipinski definition) is 0. The molecule has 0 bridgehead atoms. The van der Waals surface area contributed by atoms with Crippen LogP contribution in [0.4, 0.5) is 13.2 Å². The number of aryl methyl sites for hydroxylation is 1. The third-order valence-electron chi connectivity index (χ3n) is 2.60. The van der Waals surface area contributed by atoms with Crippen LogP contribution in [0.2, 0.25) is 0 Å². The topological polar surface area (TPSA) is 50.8 Å². The molecule has 0 fully saturated rings. The van der Waals surface area contributed by atoms with Crippen LogP contribution in [0.25, 0.3) is 11.0 Å². The maximum atomic E-state index is 12.0. The monoisotopic (exact) mass is 269 g/mol. The van der Waals surface area contributed by atoms with Crippen LogP contribution >= 0.6 is 0 Å². The van der Waals surface area contributed by atoms with Gasteiger partial charge in [0.25, 0.3) is 0 Å². The van der Waals surface area contributed by atoms with Gasteiger partial charge in [-0.05, 0) is 18.2 Å². The molecule has 0 N–H and O–H groups in total. The first-order valence-electron chi connectivity index (χ1n) is 5.40. The van der Waals surface area contributed by atoms with Gasteiger partial charge in [0.2, 0.25) is 0 Å². The van der Waals surface area contributed by atoms with Crippen LogP contribution in [0.15, 0.2) is 18.2 Å². The summed E-state index contributed by atoms with van der Waals surface area (Å²) in [6, 6.07) is 6.89. The molecule has 0 amide bonds. The average molecular weight is 269 g/mol. The smallest absolute Gasteiger partial charge is 0.364 e. The lowest BCUT2D eigenvalue weighted by atomic mass is 10.2. The summed E-state index contributed by atoms with van der Waals surface area (Å²) in [5.41, 5.74) is 1.77. The van der Waals surface area contributed by atoms with E-state index >= 15 is 0 Å². The molecule has 0 saturated carbocycles. The molecule has 2 aromatic rings. The molecule has 19 heavy (non-hydrogen) atoms. The molecule has 0 unspecified atom stereocenters. The molecule has 4 nitrogen and oxygen atoms in total. The van der Waals surface area contributed by atoms with E-state index in [1.807, 2.05) is 6.07 Å². The Kier molecular flexibility index (Phi) is 3.44. The predicted molar refractivity (Wildman–Crippen MR) is 61.1 cm³/mol. The zero-order valence-electron chi connectivity index (χ0n) is 10.0. The minimum absolute atomic E-state index is 0.230.